The largest absolute Gasteiger partial charge is 0.493 e. The van der Waals surface area contributed by atoms with Crippen LogP contribution in [0.3, 0.4) is 0 Å². The third-order valence-corrected chi connectivity index (χ3v) is 6.73. The van der Waals surface area contributed by atoms with E-state index in [4.69, 9.17) is 18.9 Å². The quantitative estimate of drug-likeness (QED) is 0.651. The molecular formula is C23H36N2O5. The number of methoxy groups -OCH3 is 2. The molecule has 2 heterocycles. The fraction of sp³-hybridized carbons (Fsp3) is 0.739. The Balaban J connectivity index is 1.26. The number of aliphatic hydroxyl groups excluding tert-OH is 1. The van der Waals surface area contributed by atoms with Crippen molar-refractivity contribution in [3.63, 3.8) is 0 Å². The Kier molecular flexibility index (Phi) is 7.49. The summed E-state index contributed by atoms with van der Waals surface area (Å²) in [5.74, 6) is 2.59. The zero-order valence-electron chi connectivity index (χ0n) is 18.3. The molecule has 4 atom stereocenters. The summed E-state index contributed by atoms with van der Waals surface area (Å²) in [6.07, 6.45) is 2.34. The minimum atomic E-state index is -0.527. The van der Waals surface area contributed by atoms with E-state index in [1.54, 1.807) is 7.11 Å². The fourth-order valence-electron chi connectivity index (χ4n) is 5.29. The van der Waals surface area contributed by atoms with E-state index in [1.165, 1.54) is 18.4 Å². The number of likely N-dealkylation sites (tertiary alicyclic amines) is 1. The van der Waals surface area contributed by atoms with Crippen LogP contribution in [0.5, 0.6) is 11.5 Å². The second-order valence-corrected chi connectivity index (χ2v) is 8.85. The predicted molar refractivity (Wildman–Crippen MR) is 114 cm³/mol. The van der Waals surface area contributed by atoms with Crippen LogP contribution in [0.4, 0.5) is 0 Å². The van der Waals surface area contributed by atoms with E-state index in [1.807, 2.05) is 19.2 Å². The van der Waals surface area contributed by atoms with E-state index in [0.717, 1.165) is 45.9 Å². The Labute approximate surface area is 179 Å². The summed E-state index contributed by atoms with van der Waals surface area (Å²) in [4.78, 5) is 4.75. The van der Waals surface area contributed by atoms with Gasteiger partial charge < -0.3 is 24.1 Å². The van der Waals surface area contributed by atoms with E-state index in [2.05, 4.69) is 15.9 Å². The lowest BCUT2D eigenvalue weighted by atomic mass is 9.94. The highest BCUT2D eigenvalue weighted by Gasteiger charge is 2.42. The summed E-state index contributed by atoms with van der Waals surface area (Å²) in [6, 6.07) is 6.06. The van der Waals surface area contributed by atoms with Crippen LogP contribution in [-0.2, 0) is 16.0 Å². The van der Waals surface area contributed by atoms with Gasteiger partial charge in [-0.2, -0.15) is 0 Å². The lowest BCUT2D eigenvalue weighted by Gasteiger charge is -2.38. The third-order valence-electron chi connectivity index (χ3n) is 6.73. The van der Waals surface area contributed by atoms with Crippen molar-refractivity contribution in [2.75, 3.05) is 66.8 Å². The SMILES string of the molecule is COc1cc(CN2CCOCC2)ccc1OCC(O)CN1C[C@H]2CC[C@@H](C1)C2OC. The minimum Gasteiger partial charge on any atom is -0.493 e. The van der Waals surface area contributed by atoms with E-state index in [-0.39, 0.29) is 6.61 Å². The van der Waals surface area contributed by atoms with Crippen LogP contribution in [0.2, 0.25) is 0 Å². The summed E-state index contributed by atoms with van der Waals surface area (Å²) in [5.41, 5.74) is 1.19. The summed E-state index contributed by atoms with van der Waals surface area (Å²) in [6.45, 7) is 7.28. The standard InChI is InChI=1S/C23H36N2O5/c1-27-22-11-17(12-24-7-9-29-10-8-24)3-6-21(22)30-16-20(26)15-25-13-18-4-5-19(14-25)23(18)28-2/h3,6,11,18-20,23,26H,4-5,7-10,12-16H2,1-2H3/t18-,19+,20?,23?. The second kappa shape index (κ2) is 10.3. The predicted octanol–water partition coefficient (Wildman–Crippen LogP) is 1.62. The molecule has 1 aromatic carbocycles. The van der Waals surface area contributed by atoms with E-state index in [0.29, 0.717) is 36.0 Å². The van der Waals surface area contributed by atoms with Crippen molar-refractivity contribution in [1.29, 1.82) is 0 Å². The van der Waals surface area contributed by atoms with Gasteiger partial charge in [0.2, 0.25) is 0 Å². The lowest BCUT2D eigenvalue weighted by molar-refractivity contribution is -0.0303. The highest BCUT2D eigenvalue weighted by atomic mass is 16.5. The number of benzene rings is 1. The lowest BCUT2D eigenvalue weighted by Crippen LogP contribution is -2.48. The molecule has 7 heteroatoms. The summed E-state index contributed by atoms with van der Waals surface area (Å²) >= 11 is 0. The molecule has 0 radical (unpaired) electrons. The first-order valence-corrected chi connectivity index (χ1v) is 11.2. The zero-order valence-corrected chi connectivity index (χ0v) is 18.3. The van der Waals surface area contributed by atoms with Crippen LogP contribution in [0.25, 0.3) is 0 Å². The van der Waals surface area contributed by atoms with E-state index < -0.39 is 6.10 Å². The topological polar surface area (TPSA) is 63.6 Å². The number of β-amino-alcohol motifs (C(OH)–C–C–N with tert-alkyl or cyclic N) is 1. The average molecular weight is 421 g/mol. The summed E-state index contributed by atoms with van der Waals surface area (Å²) in [5, 5.41) is 10.6. The van der Waals surface area contributed by atoms with Crippen LogP contribution >= 0.6 is 0 Å². The molecule has 0 spiro atoms. The molecule has 2 saturated heterocycles. The van der Waals surface area contributed by atoms with Crippen molar-refractivity contribution in [2.24, 2.45) is 11.8 Å². The first kappa shape index (κ1) is 21.8. The number of rotatable bonds is 9. The van der Waals surface area contributed by atoms with Gasteiger partial charge in [0.15, 0.2) is 11.5 Å². The number of fused-ring (bicyclic) bond motifs is 2. The highest BCUT2D eigenvalue weighted by molar-refractivity contribution is 5.43. The van der Waals surface area contributed by atoms with Crippen LogP contribution in [0.1, 0.15) is 18.4 Å². The van der Waals surface area contributed by atoms with Gasteiger partial charge in [-0.15, -0.1) is 0 Å². The van der Waals surface area contributed by atoms with Crippen molar-refractivity contribution >= 4 is 0 Å². The molecular weight excluding hydrogens is 384 g/mol. The Morgan fingerprint density at radius 2 is 1.80 bits per heavy atom. The Morgan fingerprint density at radius 1 is 1.07 bits per heavy atom. The summed E-state index contributed by atoms with van der Waals surface area (Å²) < 4.78 is 22.6. The van der Waals surface area contributed by atoms with Gasteiger partial charge in [0.25, 0.3) is 0 Å². The number of nitrogens with zero attached hydrogens (tertiary/aromatic N) is 2. The molecule has 7 nitrogen and oxygen atoms in total. The molecule has 3 aliphatic rings. The number of hydrogen-bond acceptors (Lipinski definition) is 7. The zero-order chi connectivity index (χ0) is 20.9. The number of hydrogen-bond donors (Lipinski definition) is 1. The van der Waals surface area contributed by atoms with Crippen molar-refractivity contribution in [2.45, 2.75) is 31.6 Å². The number of morpholine rings is 1. The van der Waals surface area contributed by atoms with E-state index in [9.17, 15) is 5.11 Å². The van der Waals surface area contributed by atoms with Gasteiger partial charge in [-0.05, 0) is 42.4 Å². The van der Waals surface area contributed by atoms with Crippen molar-refractivity contribution in [1.82, 2.24) is 9.80 Å². The first-order valence-electron chi connectivity index (χ1n) is 11.2. The van der Waals surface area contributed by atoms with Crippen LogP contribution < -0.4 is 9.47 Å². The molecule has 1 aromatic rings. The average Bonchev–Trinajstić information content (AvgIpc) is 3.02. The fourth-order valence-corrected chi connectivity index (χ4v) is 5.29. The van der Waals surface area contributed by atoms with Gasteiger partial charge in [-0.1, -0.05) is 6.07 Å². The van der Waals surface area contributed by atoms with Gasteiger partial charge >= 0.3 is 0 Å². The van der Waals surface area contributed by atoms with Crippen LogP contribution in [0, 0.1) is 11.8 Å². The maximum absolute atomic E-state index is 10.6. The molecule has 1 saturated carbocycles. The Hall–Kier alpha value is -1.38. The van der Waals surface area contributed by atoms with Crippen molar-refractivity contribution in [3.05, 3.63) is 23.8 Å². The van der Waals surface area contributed by atoms with Crippen LogP contribution in [-0.4, -0.2) is 93.9 Å². The monoisotopic (exact) mass is 420 g/mol. The Bertz CT molecular complexity index is 668. The molecule has 30 heavy (non-hydrogen) atoms. The molecule has 3 fully saturated rings. The Morgan fingerprint density at radius 3 is 2.47 bits per heavy atom. The molecule has 2 bridgehead atoms. The normalized spacial score (nSPS) is 28.4. The first-order chi connectivity index (χ1) is 14.7. The number of aliphatic hydroxyl groups is 1. The molecule has 2 aliphatic heterocycles. The van der Waals surface area contributed by atoms with Gasteiger partial charge in [0.05, 0.1) is 26.4 Å². The summed E-state index contributed by atoms with van der Waals surface area (Å²) in [7, 11) is 3.49. The number of ether oxygens (including phenoxy) is 4. The van der Waals surface area contributed by atoms with Gasteiger partial charge in [0, 0.05) is 46.4 Å². The van der Waals surface area contributed by atoms with Gasteiger partial charge in [-0.25, -0.2) is 0 Å². The third kappa shape index (κ3) is 5.26. The molecule has 1 aliphatic carbocycles. The highest BCUT2D eigenvalue weighted by Crippen LogP contribution is 2.38. The maximum atomic E-state index is 10.6. The van der Waals surface area contributed by atoms with E-state index >= 15 is 0 Å². The molecule has 4 rings (SSSR count). The molecule has 0 amide bonds. The molecule has 1 N–H and O–H groups in total. The van der Waals surface area contributed by atoms with Crippen molar-refractivity contribution in [3.8, 4) is 11.5 Å². The maximum Gasteiger partial charge on any atom is 0.161 e. The molecule has 2 unspecified atom stereocenters. The smallest absolute Gasteiger partial charge is 0.161 e. The molecule has 0 aromatic heterocycles. The number of piperidine rings is 1. The van der Waals surface area contributed by atoms with Gasteiger partial charge in [0.1, 0.15) is 12.7 Å². The second-order valence-electron chi connectivity index (χ2n) is 8.85. The van der Waals surface area contributed by atoms with Crippen molar-refractivity contribution < 1.29 is 24.1 Å². The van der Waals surface area contributed by atoms with Crippen LogP contribution in [0.15, 0.2) is 18.2 Å². The molecule has 168 valence electrons. The minimum absolute atomic E-state index is 0.263. The van der Waals surface area contributed by atoms with Gasteiger partial charge in [-0.3, -0.25) is 9.80 Å².